The van der Waals surface area contributed by atoms with Gasteiger partial charge in [-0.2, -0.15) is 0 Å². The van der Waals surface area contributed by atoms with Gasteiger partial charge in [-0.25, -0.2) is 14.0 Å². The summed E-state index contributed by atoms with van der Waals surface area (Å²) in [4.78, 5) is 78.0. The Hall–Kier alpha value is -8.53. The number of rotatable bonds is 20. The molecular formula is C58H54FN3O16. The fourth-order valence-electron chi connectivity index (χ4n) is 9.90. The minimum absolute atomic E-state index is 0.0856. The van der Waals surface area contributed by atoms with Crippen LogP contribution in [0.4, 0.5) is 10.1 Å². The van der Waals surface area contributed by atoms with Gasteiger partial charge in [-0.3, -0.25) is 19.2 Å². The van der Waals surface area contributed by atoms with Crippen LogP contribution in [0.15, 0.2) is 137 Å². The van der Waals surface area contributed by atoms with Gasteiger partial charge < -0.3 is 65.2 Å². The topological polar surface area (TPSA) is 303 Å². The van der Waals surface area contributed by atoms with E-state index in [1.807, 2.05) is 0 Å². The molecule has 20 heteroatoms. The number of β-lactam (4-membered cyclic amide) rings is 1. The number of anilines is 1. The van der Waals surface area contributed by atoms with Crippen molar-refractivity contribution < 1.29 is 78.0 Å². The predicted molar refractivity (Wildman–Crippen MR) is 278 cm³/mol. The molecule has 5 aromatic rings. The number of nitrogens with zero attached hydrogens (tertiary/aromatic N) is 1. The zero-order valence-electron chi connectivity index (χ0n) is 41.5. The quantitative estimate of drug-likeness (QED) is 0.0233. The number of aliphatic hydroxyl groups is 4. The van der Waals surface area contributed by atoms with Gasteiger partial charge in [0, 0.05) is 59.4 Å². The van der Waals surface area contributed by atoms with Crippen LogP contribution in [0.25, 0.3) is 33.4 Å². The molecule has 19 nitrogen and oxygen atoms in total. The van der Waals surface area contributed by atoms with Gasteiger partial charge in [0.2, 0.25) is 18.1 Å². The molecule has 3 heterocycles. The summed E-state index contributed by atoms with van der Waals surface area (Å²) in [6.45, 7) is 0.468. The minimum atomic E-state index is -1.90. The number of aromatic carboxylic acids is 1. The Kier molecular flexibility index (Phi) is 16.3. The van der Waals surface area contributed by atoms with Crippen molar-refractivity contribution in [3.05, 3.63) is 171 Å². The lowest BCUT2D eigenvalue weighted by atomic mass is 9.78. The first kappa shape index (κ1) is 54.3. The van der Waals surface area contributed by atoms with Crippen molar-refractivity contribution in [1.82, 2.24) is 10.6 Å². The molecule has 3 amide bonds. The first-order valence-corrected chi connectivity index (χ1v) is 25.1. The standard InChI is InChI=1S/C58H54FN3O16/c59-34-12-7-31(8-13-34)44(65)24-23-42-49(32-9-18-38(19-10-32)76-58-52(69)50(67)51(68)53(78-58)57(74)75)62(55(42)71)35-14-5-30(6-15-35)29-61-47(66)4-2-1-3-25-60-54(70)33-11-20-39(43(26-33)56(72)73)48-40-21-16-36(63)27-45(40)77-46-28-37(64)17-22-41(46)48/h5-22,26-28,42,44,49-53,58,63,65,67-69H,1-4,23-25,29H2,(H,60,70)(H,61,66)(H,72,73)(H,74,75)/t42-,44+,49-,50+,51+,52-,53+,58-/m1/s1. The van der Waals surface area contributed by atoms with E-state index >= 15 is 0 Å². The number of carboxylic acid groups (broad SMARTS) is 2. The number of halogens is 1. The number of phenols is 1. The summed E-state index contributed by atoms with van der Waals surface area (Å²) in [7, 11) is 0. The molecule has 2 fully saturated rings. The number of benzene rings is 6. The monoisotopic (exact) mass is 1070 g/mol. The van der Waals surface area contributed by atoms with Crippen LogP contribution < -0.4 is 25.7 Å². The van der Waals surface area contributed by atoms with Gasteiger partial charge in [0.05, 0.1) is 23.6 Å². The number of carbonyl (C=O) groups is 5. The summed E-state index contributed by atoms with van der Waals surface area (Å²) >= 11 is 0. The molecule has 0 radical (unpaired) electrons. The van der Waals surface area contributed by atoms with E-state index in [1.165, 1.54) is 78.9 Å². The van der Waals surface area contributed by atoms with Crippen LogP contribution in [0.5, 0.6) is 11.5 Å². The number of hydrogen-bond acceptors (Lipinski definition) is 14. The number of fused-ring (bicyclic) bond motifs is 2. The Bertz CT molecular complexity index is 3390. The van der Waals surface area contributed by atoms with Crippen LogP contribution in [0.1, 0.15) is 88.1 Å². The Morgan fingerprint density at radius 3 is 2.21 bits per heavy atom. The molecule has 0 aromatic heterocycles. The van der Waals surface area contributed by atoms with Gasteiger partial charge in [0.25, 0.3) is 5.91 Å². The summed E-state index contributed by atoms with van der Waals surface area (Å²) in [5, 5.41) is 77.7. The highest BCUT2D eigenvalue weighted by atomic mass is 19.1. The molecule has 5 aromatic carbocycles. The van der Waals surface area contributed by atoms with Gasteiger partial charge in [-0.05, 0) is 121 Å². The molecule has 3 aliphatic heterocycles. The zero-order chi connectivity index (χ0) is 55.4. The molecule has 404 valence electrons. The van der Waals surface area contributed by atoms with E-state index in [2.05, 4.69) is 10.6 Å². The molecule has 2 saturated heterocycles. The van der Waals surface area contributed by atoms with Crippen LogP contribution in [0.2, 0.25) is 0 Å². The third kappa shape index (κ3) is 11.7. The number of carboxylic acids is 2. The van der Waals surface area contributed by atoms with Gasteiger partial charge in [-0.1, -0.05) is 48.9 Å². The second-order valence-corrected chi connectivity index (χ2v) is 19.2. The molecular weight excluding hydrogens is 1010 g/mol. The maximum absolute atomic E-state index is 13.9. The van der Waals surface area contributed by atoms with E-state index in [1.54, 1.807) is 53.4 Å². The Morgan fingerprint density at radius 1 is 0.756 bits per heavy atom. The molecule has 0 bridgehead atoms. The smallest absolute Gasteiger partial charge is 0.336 e. The van der Waals surface area contributed by atoms with Crippen molar-refractivity contribution in [3.63, 3.8) is 0 Å². The van der Waals surface area contributed by atoms with E-state index in [0.717, 1.165) is 5.56 Å². The fourth-order valence-corrected chi connectivity index (χ4v) is 9.90. The second-order valence-electron chi connectivity index (χ2n) is 19.2. The lowest BCUT2D eigenvalue weighted by Crippen LogP contribution is -2.61. The van der Waals surface area contributed by atoms with Crippen LogP contribution in [0, 0.1) is 11.7 Å². The van der Waals surface area contributed by atoms with Crippen molar-refractivity contribution in [2.75, 3.05) is 11.4 Å². The van der Waals surface area contributed by atoms with E-state index in [-0.39, 0.29) is 89.1 Å². The summed E-state index contributed by atoms with van der Waals surface area (Å²) in [6.07, 6.45) is -7.64. The molecule has 4 aliphatic rings. The summed E-state index contributed by atoms with van der Waals surface area (Å²) in [5.74, 6) is -4.54. The van der Waals surface area contributed by atoms with Crippen LogP contribution in [-0.2, 0) is 25.7 Å². The number of phenolic OH excluding ortho intramolecular Hbond substituents is 1. The summed E-state index contributed by atoms with van der Waals surface area (Å²) < 4.78 is 30.4. The molecule has 0 unspecified atom stereocenters. The number of carbonyl (C=O) groups excluding carboxylic acids is 3. The molecule has 0 saturated carbocycles. The largest absolute Gasteiger partial charge is 0.508 e. The number of unbranched alkanes of at least 4 members (excludes halogenated alkanes) is 2. The predicted octanol–water partition coefficient (Wildman–Crippen LogP) is 6.20. The Morgan fingerprint density at radius 2 is 1.49 bits per heavy atom. The van der Waals surface area contributed by atoms with Gasteiger partial charge in [0.15, 0.2) is 11.5 Å². The zero-order valence-corrected chi connectivity index (χ0v) is 41.5. The average Bonchev–Trinajstić information content (AvgIpc) is 3.61. The molecule has 8 atom stereocenters. The van der Waals surface area contributed by atoms with Crippen LogP contribution in [0.3, 0.4) is 0 Å². The SMILES string of the molecule is O=C(CCCCCNC(=O)c1ccc(-c2c3ccc(=O)cc-3oc3cc(O)ccc23)c(C(=O)O)c1)NCc1ccc(N2C(=O)[C@H](CC[C@H](O)c3ccc(F)cc3)[C@H]2c2ccc(O[C@@H]3O[C@H](C(=O)O)[C@@H](O)[C@H](O)[C@H]3O)cc2)cc1. The number of amides is 3. The van der Waals surface area contributed by atoms with Gasteiger partial charge in [0.1, 0.15) is 47.0 Å². The van der Waals surface area contributed by atoms with Crippen molar-refractivity contribution >= 4 is 46.3 Å². The van der Waals surface area contributed by atoms with Crippen molar-refractivity contribution in [1.29, 1.82) is 0 Å². The minimum Gasteiger partial charge on any atom is -0.508 e. The molecule has 9 N–H and O–H groups in total. The van der Waals surface area contributed by atoms with Crippen LogP contribution in [-0.4, -0.2) is 103 Å². The highest BCUT2D eigenvalue weighted by Gasteiger charge is 2.50. The number of ether oxygens (including phenoxy) is 2. The van der Waals surface area contributed by atoms with Crippen LogP contribution >= 0.6 is 0 Å². The summed E-state index contributed by atoms with van der Waals surface area (Å²) in [5.41, 5.74) is 3.55. The number of aliphatic carboxylic acids is 1. The number of aliphatic hydroxyl groups excluding tert-OH is 4. The number of nitrogens with one attached hydrogen (secondary N) is 2. The summed E-state index contributed by atoms with van der Waals surface area (Å²) in [6, 6.07) is 31.2. The first-order valence-electron chi connectivity index (χ1n) is 25.1. The maximum Gasteiger partial charge on any atom is 0.336 e. The van der Waals surface area contributed by atoms with E-state index < -0.39 is 72.4 Å². The normalized spacial score (nSPS) is 20.4. The molecule has 0 spiro atoms. The van der Waals surface area contributed by atoms with Gasteiger partial charge in [-0.15, -0.1) is 0 Å². The highest BCUT2D eigenvalue weighted by molar-refractivity contribution is 6.09. The maximum atomic E-state index is 13.9. The Labute approximate surface area is 444 Å². The lowest BCUT2D eigenvalue weighted by molar-refractivity contribution is -0.271. The van der Waals surface area contributed by atoms with Crippen molar-refractivity contribution in [2.45, 2.75) is 87.9 Å². The van der Waals surface area contributed by atoms with Crippen molar-refractivity contribution in [2.24, 2.45) is 5.92 Å². The Balaban J connectivity index is 0.773. The van der Waals surface area contributed by atoms with Gasteiger partial charge >= 0.3 is 11.9 Å². The third-order valence-electron chi connectivity index (χ3n) is 14.0. The van der Waals surface area contributed by atoms with E-state index in [4.69, 9.17) is 13.9 Å². The molecule has 9 rings (SSSR count). The van der Waals surface area contributed by atoms with Crippen molar-refractivity contribution in [3.8, 4) is 33.9 Å². The molecule has 1 aliphatic carbocycles. The first-order chi connectivity index (χ1) is 37.4. The second kappa shape index (κ2) is 23.4. The van der Waals surface area contributed by atoms with E-state index in [0.29, 0.717) is 52.6 Å². The fraction of sp³-hybridized carbons (Fsp3) is 0.276. The van der Waals surface area contributed by atoms with E-state index in [9.17, 15) is 68.9 Å². The lowest BCUT2D eigenvalue weighted by Gasteiger charge is -2.48. The number of hydrogen-bond donors (Lipinski definition) is 9. The number of aromatic hydroxyl groups is 1. The molecule has 78 heavy (non-hydrogen) atoms. The average molecular weight is 1070 g/mol. The highest BCUT2D eigenvalue weighted by Crippen LogP contribution is 2.47. The third-order valence-corrected chi connectivity index (χ3v) is 14.0.